The molecule has 0 aromatic carbocycles. The van der Waals surface area contributed by atoms with Crippen LogP contribution in [0.1, 0.15) is 27.7 Å². The second-order valence-electron chi connectivity index (χ2n) is 3.63. The average Bonchev–Trinajstić information content (AvgIpc) is 2.54. The van der Waals surface area contributed by atoms with E-state index in [1.807, 2.05) is 0 Å². The number of carbonyl (C=O) groups excluding carboxylic acids is 2. The highest BCUT2D eigenvalue weighted by atomic mass is 28.4. The van der Waals surface area contributed by atoms with Crippen molar-refractivity contribution >= 4 is 20.8 Å². The molecule has 0 fully saturated rings. The Morgan fingerprint density at radius 2 is 1.50 bits per heavy atom. The summed E-state index contributed by atoms with van der Waals surface area (Å²) in [5, 5.41) is 0. The Bertz CT molecular complexity index is 351. The number of rotatable bonds is 7. The van der Waals surface area contributed by atoms with Crippen LogP contribution in [0.25, 0.3) is 0 Å². The molecule has 0 aliphatic carbocycles. The quantitative estimate of drug-likeness (QED) is 0.508. The molecule has 0 spiro atoms. The maximum absolute atomic E-state index is 12.0. The zero-order chi connectivity index (χ0) is 13.8. The van der Waals surface area contributed by atoms with Crippen molar-refractivity contribution in [3.05, 3.63) is 11.6 Å². The SMILES string of the molecule is CCO[Si](OCC)(OCC)N1C(=O)C=C(C)C1=O. The van der Waals surface area contributed by atoms with E-state index >= 15 is 0 Å². The first-order valence-corrected chi connectivity index (χ1v) is 7.68. The van der Waals surface area contributed by atoms with E-state index < -0.39 is 20.8 Å². The minimum atomic E-state index is -3.45. The molecule has 1 heterocycles. The Kier molecular flexibility index (Phi) is 5.21. The molecule has 18 heavy (non-hydrogen) atoms. The molecule has 0 saturated heterocycles. The van der Waals surface area contributed by atoms with Crippen LogP contribution in [0.5, 0.6) is 0 Å². The van der Waals surface area contributed by atoms with E-state index in [1.165, 1.54) is 6.08 Å². The van der Waals surface area contributed by atoms with E-state index in [2.05, 4.69) is 0 Å². The van der Waals surface area contributed by atoms with Gasteiger partial charge in [-0.25, -0.2) is 4.57 Å². The molecule has 0 N–H and O–H groups in total. The van der Waals surface area contributed by atoms with Gasteiger partial charge in [0.2, 0.25) is 0 Å². The molecule has 1 aliphatic rings. The van der Waals surface area contributed by atoms with Crippen LogP contribution in [0.2, 0.25) is 0 Å². The molecule has 2 amide bonds. The minimum Gasteiger partial charge on any atom is -0.356 e. The van der Waals surface area contributed by atoms with Gasteiger partial charge in [-0.15, -0.1) is 0 Å². The molecular formula is C11H19NO5Si. The van der Waals surface area contributed by atoms with Crippen molar-refractivity contribution in [1.29, 1.82) is 0 Å². The van der Waals surface area contributed by atoms with Crippen molar-refractivity contribution in [2.24, 2.45) is 0 Å². The van der Waals surface area contributed by atoms with Gasteiger partial charge >= 0.3 is 8.97 Å². The fourth-order valence-corrected chi connectivity index (χ4v) is 4.20. The van der Waals surface area contributed by atoms with E-state index in [1.54, 1.807) is 27.7 Å². The first-order chi connectivity index (χ1) is 8.52. The van der Waals surface area contributed by atoms with Crippen LogP contribution < -0.4 is 0 Å². The number of amides is 2. The van der Waals surface area contributed by atoms with Gasteiger partial charge < -0.3 is 13.3 Å². The molecule has 0 atom stereocenters. The Balaban J connectivity index is 3.09. The third-order valence-corrected chi connectivity index (χ3v) is 5.29. The Labute approximate surface area is 108 Å². The zero-order valence-corrected chi connectivity index (χ0v) is 12.2. The lowest BCUT2D eigenvalue weighted by molar-refractivity contribution is -0.137. The Hall–Kier alpha value is -1.02. The molecule has 7 heteroatoms. The van der Waals surface area contributed by atoms with E-state index in [9.17, 15) is 9.59 Å². The van der Waals surface area contributed by atoms with Gasteiger partial charge in [-0.3, -0.25) is 9.59 Å². The third kappa shape index (κ3) is 2.69. The molecule has 0 aromatic rings. The highest BCUT2D eigenvalue weighted by molar-refractivity contribution is 6.65. The maximum atomic E-state index is 12.0. The Morgan fingerprint density at radius 1 is 1.06 bits per heavy atom. The van der Waals surface area contributed by atoms with Crippen molar-refractivity contribution < 1.29 is 22.9 Å². The molecule has 102 valence electrons. The largest absolute Gasteiger partial charge is 0.643 e. The summed E-state index contributed by atoms with van der Waals surface area (Å²) in [5.41, 5.74) is 0.371. The summed E-state index contributed by atoms with van der Waals surface area (Å²) in [5.74, 6) is -0.832. The van der Waals surface area contributed by atoms with E-state index in [0.717, 1.165) is 4.57 Å². The predicted octanol–water partition coefficient (Wildman–Crippen LogP) is 0.847. The van der Waals surface area contributed by atoms with Gasteiger partial charge in [-0.05, 0) is 27.7 Å². The normalized spacial score (nSPS) is 16.4. The fraction of sp³-hybridized carbons (Fsp3) is 0.636. The first-order valence-electron chi connectivity index (χ1n) is 6.01. The first kappa shape index (κ1) is 15.0. The van der Waals surface area contributed by atoms with Crippen LogP contribution in [-0.4, -0.2) is 45.2 Å². The topological polar surface area (TPSA) is 65.1 Å². The lowest BCUT2D eigenvalue weighted by atomic mass is 10.3. The van der Waals surface area contributed by atoms with Gasteiger partial charge in [0.15, 0.2) is 0 Å². The van der Waals surface area contributed by atoms with E-state index in [-0.39, 0.29) is 0 Å². The summed E-state index contributed by atoms with van der Waals surface area (Å²) in [6, 6.07) is 0. The molecule has 0 unspecified atom stereocenters. The molecule has 6 nitrogen and oxygen atoms in total. The second-order valence-corrected chi connectivity index (χ2v) is 5.99. The second kappa shape index (κ2) is 6.23. The van der Waals surface area contributed by atoms with Crippen LogP contribution in [0, 0.1) is 0 Å². The molecule has 0 radical (unpaired) electrons. The standard InChI is InChI=1S/C11H19NO5Si/c1-5-15-18(16-6-2,17-7-3)12-10(13)8-9(4)11(12)14/h8H,5-7H2,1-4H3. The molecule has 0 saturated carbocycles. The average molecular weight is 273 g/mol. The van der Waals surface area contributed by atoms with Gasteiger partial charge in [0, 0.05) is 31.5 Å². The summed E-state index contributed by atoms with van der Waals surface area (Å²) in [7, 11) is -3.45. The predicted molar refractivity (Wildman–Crippen MR) is 66.2 cm³/mol. The fourth-order valence-electron chi connectivity index (χ4n) is 1.71. The lowest BCUT2D eigenvalue weighted by Gasteiger charge is -2.33. The zero-order valence-electron chi connectivity index (χ0n) is 11.2. The number of hydrogen-bond donors (Lipinski definition) is 0. The number of imide groups is 1. The molecule has 0 bridgehead atoms. The molecule has 1 rings (SSSR count). The summed E-state index contributed by atoms with van der Waals surface area (Å²) < 4.78 is 17.6. The van der Waals surface area contributed by atoms with Crippen LogP contribution >= 0.6 is 0 Å². The van der Waals surface area contributed by atoms with E-state index in [0.29, 0.717) is 25.4 Å². The van der Waals surface area contributed by atoms with Crippen LogP contribution in [0.15, 0.2) is 11.6 Å². The van der Waals surface area contributed by atoms with Crippen LogP contribution in [-0.2, 0) is 22.9 Å². The van der Waals surface area contributed by atoms with Crippen molar-refractivity contribution in [2.75, 3.05) is 19.8 Å². The van der Waals surface area contributed by atoms with E-state index in [4.69, 9.17) is 13.3 Å². The number of carbonyl (C=O) groups is 2. The summed E-state index contributed by atoms with van der Waals surface area (Å²) in [4.78, 5) is 23.9. The summed E-state index contributed by atoms with van der Waals surface area (Å²) in [6.45, 7) is 7.82. The van der Waals surface area contributed by atoms with Crippen LogP contribution in [0.3, 0.4) is 0 Å². The van der Waals surface area contributed by atoms with Crippen molar-refractivity contribution in [3.8, 4) is 0 Å². The Morgan fingerprint density at radius 3 is 1.78 bits per heavy atom. The lowest BCUT2D eigenvalue weighted by Crippen LogP contribution is -2.63. The third-order valence-electron chi connectivity index (χ3n) is 2.35. The van der Waals surface area contributed by atoms with Gasteiger partial charge in [0.05, 0.1) is 0 Å². The molecule has 1 aliphatic heterocycles. The molecular weight excluding hydrogens is 254 g/mol. The highest BCUT2D eigenvalue weighted by Gasteiger charge is 2.56. The molecule has 0 aromatic heterocycles. The summed E-state index contributed by atoms with van der Waals surface area (Å²) in [6.07, 6.45) is 1.28. The van der Waals surface area contributed by atoms with Gasteiger partial charge in [-0.2, -0.15) is 0 Å². The maximum Gasteiger partial charge on any atom is 0.643 e. The highest BCUT2D eigenvalue weighted by Crippen LogP contribution is 2.23. The minimum absolute atomic E-state index is 0.308. The van der Waals surface area contributed by atoms with Gasteiger partial charge in [0.25, 0.3) is 11.8 Å². The monoisotopic (exact) mass is 273 g/mol. The summed E-state index contributed by atoms with van der Waals surface area (Å²) >= 11 is 0. The smallest absolute Gasteiger partial charge is 0.356 e. The van der Waals surface area contributed by atoms with Crippen molar-refractivity contribution in [2.45, 2.75) is 27.7 Å². The van der Waals surface area contributed by atoms with Crippen LogP contribution in [0.4, 0.5) is 0 Å². The van der Waals surface area contributed by atoms with Gasteiger partial charge in [-0.1, -0.05) is 0 Å². The van der Waals surface area contributed by atoms with Crippen molar-refractivity contribution in [3.63, 3.8) is 0 Å². The number of nitrogens with zero attached hydrogens (tertiary/aromatic N) is 1. The van der Waals surface area contributed by atoms with Gasteiger partial charge in [0.1, 0.15) is 0 Å². The number of hydrogen-bond acceptors (Lipinski definition) is 5. The van der Waals surface area contributed by atoms with Crippen molar-refractivity contribution in [1.82, 2.24) is 4.57 Å².